The number of nitrogens with one attached hydrogen (secondary N) is 1. The molecule has 0 fully saturated rings. The van der Waals surface area contributed by atoms with E-state index in [9.17, 15) is 4.79 Å². The zero-order valence-corrected chi connectivity index (χ0v) is 11.1. The van der Waals surface area contributed by atoms with Crippen molar-refractivity contribution in [2.24, 2.45) is 0 Å². The zero-order valence-electron chi connectivity index (χ0n) is 11.1. The minimum Gasteiger partial charge on any atom is -0.361 e. The number of aromatic amines is 1. The lowest BCUT2D eigenvalue weighted by Crippen LogP contribution is -2.06. The Kier molecular flexibility index (Phi) is 3.28. The van der Waals surface area contributed by atoms with Gasteiger partial charge in [-0.2, -0.15) is 0 Å². The van der Waals surface area contributed by atoms with Gasteiger partial charge in [0.05, 0.1) is 11.4 Å². The van der Waals surface area contributed by atoms with Crippen LogP contribution in [-0.4, -0.2) is 20.1 Å². The Morgan fingerprint density at radius 3 is 2.95 bits per heavy atom. The smallest absolute Gasteiger partial charge is 0.249 e. The second kappa shape index (κ2) is 5.24. The first-order valence-corrected chi connectivity index (χ1v) is 6.53. The monoisotopic (exact) mass is 270 g/mol. The zero-order chi connectivity index (χ0) is 13.9. The molecule has 0 amide bonds. The van der Waals surface area contributed by atoms with Crippen LogP contribution < -0.4 is 5.56 Å². The van der Waals surface area contributed by atoms with Crippen molar-refractivity contribution >= 4 is 11.0 Å². The highest BCUT2D eigenvalue weighted by Crippen LogP contribution is 2.14. The van der Waals surface area contributed by atoms with Crippen LogP contribution in [0.3, 0.4) is 0 Å². The highest BCUT2D eigenvalue weighted by molar-refractivity contribution is 5.76. The number of hydrogen-bond donors (Lipinski definition) is 1. The molecule has 0 bridgehead atoms. The molecule has 0 spiro atoms. The summed E-state index contributed by atoms with van der Waals surface area (Å²) in [5, 5.41) is 4.83. The largest absolute Gasteiger partial charge is 0.361 e. The quantitative estimate of drug-likeness (QED) is 0.779. The Hall–Kier alpha value is -2.50. The van der Waals surface area contributed by atoms with Gasteiger partial charge in [-0.1, -0.05) is 12.1 Å². The average Bonchev–Trinajstić information content (AvgIpc) is 2.92. The molecule has 3 aromatic rings. The molecule has 6 heteroatoms. The Balaban J connectivity index is 1.85. The Morgan fingerprint density at radius 2 is 2.15 bits per heavy atom. The number of aromatic nitrogens is 4. The minimum absolute atomic E-state index is 0.162. The maximum absolute atomic E-state index is 11.3. The van der Waals surface area contributed by atoms with E-state index >= 15 is 0 Å². The van der Waals surface area contributed by atoms with Crippen molar-refractivity contribution in [3.05, 3.63) is 52.0 Å². The summed E-state index contributed by atoms with van der Waals surface area (Å²) in [4.78, 5) is 22.3. The van der Waals surface area contributed by atoms with Crippen LogP contribution >= 0.6 is 0 Å². The molecule has 0 aromatic carbocycles. The number of pyridine rings is 1. The van der Waals surface area contributed by atoms with Crippen molar-refractivity contribution in [2.75, 3.05) is 0 Å². The number of aryl methyl sites for hydroxylation is 3. The first kappa shape index (κ1) is 12.5. The van der Waals surface area contributed by atoms with Crippen molar-refractivity contribution in [3.8, 4) is 0 Å². The summed E-state index contributed by atoms with van der Waals surface area (Å²) < 4.78 is 5.26. The normalized spacial score (nSPS) is 11.1. The molecule has 3 rings (SSSR count). The summed E-state index contributed by atoms with van der Waals surface area (Å²) in [6.07, 6.45) is 3.76. The van der Waals surface area contributed by atoms with Crippen LogP contribution in [0.1, 0.15) is 24.1 Å². The third-order valence-electron chi connectivity index (χ3n) is 3.19. The number of fused-ring (bicyclic) bond motifs is 1. The molecule has 102 valence electrons. The lowest BCUT2D eigenvalue weighted by atomic mass is 10.1. The van der Waals surface area contributed by atoms with Crippen molar-refractivity contribution in [3.63, 3.8) is 0 Å². The molecular weight excluding hydrogens is 256 g/mol. The van der Waals surface area contributed by atoms with Gasteiger partial charge in [-0.25, -0.2) is 9.97 Å². The molecule has 3 heterocycles. The van der Waals surface area contributed by atoms with E-state index in [0.29, 0.717) is 12.1 Å². The molecule has 0 unspecified atom stereocenters. The predicted octanol–water partition coefficient (Wildman–Crippen LogP) is 1.65. The topological polar surface area (TPSA) is 84.7 Å². The molecule has 0 radical (unpaired) electrons. The van der Waals surface area contributed by atoms with Crippen molar-refractivity contribution in [2.45, 2.75) is 26.2 Å². The second-order valence-electron chi connectivity index (χ2n) is 4.54. The van der Waals surface area contributed by atoms with E-state index in [0.717, 1.165) is 35.4 Å². The van der Waals surface area contributed by atoms with E-state index < -0.39 is 0 Å². The van der Waals surface area contributed by atoms with Gasteiger partial charge in [0.2, 0.25) is 5.56 Å². The van der Waals surface area contributed by atoms with Gasteiger partial charge < -0.3 is 9.51 Å². The van der Waals surface area contributed by atoms with Gasteiger partial charge in [0.25, 0.3) is 0 Å². The summed E-state index contributed by atoms with van der Waals surface area (Å²) in [6, 6.07) is 5.20. The van der Waals surface area contributed by atoms with E-state index in [1.54, 1.807) is 6.07 Å². The number of nitrogens with zero attached hydrogens (tertiary/aromatic N) is 3. The van der Waals surface area contributed by atoms with Crippen molar-refractivity contribution in [1.82, 2.24) is 20.1 Å². The lowest BCUT2D eigenvalue weighted by molar-refractivity contribution is 0.377. The Labute approximate surface area is 114 Å². The van der Waals surface area contributed by atoms with E-state index in [2.05, 4.69) is 20.1 Å². The fourth-order valence-corrected chi connectivity index (χ4v) is 2.11. The molecule has 0 saturated heterocycles. The van der Waals surface area contributed by atoms with E-state index in [1.807, 2.05) is 13.0 Å². The summed E-state index contributed by atoms with van der Waals surface area (Å²) >= 11 is 0. The average molecular weight is 270 g/mol. The third-order valence-corrected chi connectivity index (χ3v) is 3.19. The molecule has 3 aromatic heterocycles. The fourth-order valence-electron chi connectivity index (χ4n) is 2.11. The van der Waals surface area contributed by atoms with Crippen molar-refractivity contribution < 1.29 is 4.52 Å². The van der Waals surface area contributed by atoms with Crippen LogP contribution in [0.5, 0.6) is 0 Å². The van der Waals surface area contributed by atoms with Gasteiger partial charge in [-0.05, 0) is 18.9 Å². The van der Waals surface area contributed by atoms with Gasteiger partial charge in [0.15, 0.2) is 0 Å². The second-order valence-corrected chi connectivity index (χ2v) is 4.54. The van der Waals surface area contributed by atoms with E-state index in [1.165, 1.54) is 12.4 Å². The molecular formula is C14H14N4O2. The summed E-state index contributed by atoms with van der Waals surface area (Å²) in [5.41, 5.74) is 2.25. The van der Waals surface area contributed by atoms with E-state index in [4.69, 9.17) is 4.52 Å². The molecule has 0 aliphatic carbocycles. The Morgan fingerprint density at radius 1 is 1.25 bits per heavy atom. The molecule has 0 atom stereocenters. The van der Waals surface area contributed by atoms with Crippen LogP contribution in [0.15, 0.2) is 33.8 Å². The van der Waals surface area contributed by atoms with Gasteiger partial charge in [-0.3, -0.25) is 4.79 Å². The lowest BCUT2D eigenvalue weighted by Gasteiger charge is -2.02. The number of hydrogen-bond acceptors (Lipinski definition) is 5. The molecule has 1 N–H and O–H groups in total. The Bertz CT molecular complexity index is 791. The van der Waals surface area contributed by atoms with E-state index in [-0.39, 0.29) is 5.56 Å². The van der Waals surface area contributed by atoms with Crippen LogP contribution in [0.25, 0.3) is 11.0 Å². The summed E-state index contributed by atoms with van der Waals surface area (Å²) in [7, 11) is 0. The van der Waals surface area contributed by atoms with Crippen LogP contribution in [0, 0.1) is 0 Å². The molecule has 20 heavy (non-hydrogen) atoms. The molecule has 0 aliphatic rings. The first-order chi connectivity index (χ1) is 9.76. The molecule has 0 aliphatic heterocycles. The fraction of sp³-hybridized carbons (Fsp3) is 0.286. The maximum Gasteiger partial charge on any atom is 0.249 e. The third kappa shape index (κ3) is 2.45. The SMILES string of the molecule is CCc1cc(CCc2ncnc3[nH]c(=O)ccc23)on1. The number of rotatable bonds is 4. The van der Waals surface area contributed by atoms with Crippen LogP contribution in [-0.2, 0) is 19.3 Å². The summed E-state index contributed by atoms with van der Waals surface area (Å²) in [6.45, 7) is 2.04. The molecule has 0 saturated carbocycles. The van der Waals surface area contributed by atoms with Gasteiger partial charge in [-0.15, -0.1) is 0 Å². The minimum atomic E-state index is -0.162. The van der Waals surface area contributed by atoms with Gasteiger partial charge in [0.1, 0.15) is 17.7 Å². The predicted molar refractivity (Wildman–Crippen MR) is 73.4 cm³/mol. The molecule has 6 nitrogen and oxygen atoms in total. The van der Waals surface area contributed by atoms with Gasteiger partial charge >= 0.3 is 0 Å². The first-order valence-electron chi connectivity index (χ1n) is 6.53. The van der Waals surface area contributed by atoms with Gasteiger partial charge in [0, 0.05) is 23.9 Å². The maximum atomic E-state index is 11.3. The van der Waals surface area contributed by atoms with Crippen LogP contribution in [0.4, 0.5) is 0 Å². The standard InChI is InChI=1S/C14H14N4O2/c1-2-9-7-10(20-18-9)3-5-12-11-4-6-13(19)17-14(11)16-8-15-12/h4,6-8H,2-3,5H2,1H3,(H,15,16,17,19). The van der Waals surface area contributed by atoms with Crippen LogP contribution in [0.2, 0.25) is 0 Å². The highest BCUT2D eigenvalue weighted by atomic mass is 16.5. The summed E-state index contributed by atoms with van der Waals surface area (Å²) in [5.74, 6) is 0.845. The number of H-pyrrole nitrogens is 1. The highest BCUT2D eigenvalue weighted by Gasteiger charge is 2.07. The van der Waals surface area contributed by atoms with Crippen molar-refractivity contribution in [1.29, 1.82) is 0 Å².